The van der Waals surface area contributed by atoms with Gasteiger partial charge in [0, 0.05) is 45.3 Å². The Labute approximate surface area is 155 Å². The van der Waals surface area contributed by atoms with Crippen molar-refractivity contribution in [1.29, 1.82) is 0 Å². The fraction of sp³-hybridized carbons (Fsp3) is 0.692. The number of sulfone groups is 1. The van der Waals surface area contributed by atoms with E-state index < -0.39 is 9.84 Å². The molecule has 2 N–H and O–H groups in total. The minimum absolute atomic E-state index is 0. The number of nitrogens with one attached hydrogen (secondary N) is 2. The maximum atomic E-state index is 10.9. The molecule has 8 nitrogen and oxygen atoms in total. The second-order valence-electron chi connectivity index (χ2n) is 4.79. The van der Waals surface area contributed by atoms with Crippen LogP contribution in [-0.4, -0.2) is 69.5 Å². The van der Waals surface area contributed by atoms with Crippen molar-refractivity contribution < 1.29 is 13.2 Å². The maximum absolute atomic E-state index is 10.9. The smallest absolute Gasteiger partial charge is 0.191 e. The third-order valence-corrected chi connectivity index (χ3v) is 3.68. The summed E-state index contributed by atoms with van der Waals surface area (Å²) in [4.78, 5) is 4.10. The molecular weight excluding hydrogens is 433 g/mol. The molecule has 10 heteroatoms. The third kappa shape index (κ3) is 12.2. The zero-order chi connectivity index (χ0) is 16.3. The molecule has 0 aliphatic rings. The van der Waals surface area contributed by atoms with E-state index in [9.17, 15) is 8.42 Å². The number of hydrogen-bond acceptors (Lipinski definition) is 5. The van der Waals surface area contributed by atoms with Gasteiger partial charge in [-0.15, -0.1) is 24.0 Å². The van der Waals surface area contributed by atoms with E-state index in [1.54, 1.807) is 13.2 Å². The zero-order valence-corrected chi connectivity index (χ0v) is 16.7. The molecule has 0 spiro atoms. The summed E-state index contributed by atoms with van der Waals surface area (Å²) in [5.41, 5.74) is 0. The molecule has 0 aliphatic heterocycles. The Kier molecular flexibility index (Phi) is 12.1. The molecule has 134 valence electrons. The minimum atomic E-state index is -2.95. The predicted octanol–water partition coefficient (Wildman–Crippen LogP) is 0.117. The van der Waals surface area contributed by atoms with Gasteiger partial charge in [-0.1, -0.05) is 0 Å². The van der Waals surface area contributed by atoms with Crippen LogP contribution in [0, 0.1) is 0 Å². The molecule has 1 aromatic heterocycles. The summed E-state index contributed by atoms with van der Waals surface area (Å²) in [7, 11) is -1.25. The molecule has 0 amide bonds. The summed E-state index contributed by atoms with van der Waals surface area (Å²) in [6.45, 7) is 2.86. The number of rotatable bonds is 10. The van der Waals surface area contributed by atoms with Gasteiger partial charge in [0.1, 0.15) is 9.84 Å². The Morgan fingerprint density at radius 2 is 2.04 bits per heavy atom. The summed E-state index contributed by atoms with van der Waals surface area (Å²) >= 11 is 0. The number of nitrogens with zero attached hydrogens (tertiary/aromatic N) is 3. The van der Waals surface area contributed by atoms with Gasteiger partial charge in [-0.2, -0.15) is 5.10 Å². The summed E-state index contributed by atoms with van der Waals surface area (Å²) in [5, 5.41) is 10.4. The Hall–Kier alpha value is -0.880. The Bertz CT molecular complexity index is 534. The quantitative estimate of drug-likeness (QED) is 0.223. The van der Waals surface area contributed by atoms with Gasteiger partial charge in [-0.25, -0.2) is 8.42 Å². The zero-order valence-electron chi connectivity index (χ0n) is 13.6. The summed E-state index contributed by atoms with van der Waals surface area (Å²) in [6, 6.07) is 1.90. The van der Waals surface area contributed by atoms with Crippen LogP contribution in [0.15, 0.2) is 23.5 Å². The lowest BCUT2D eigenvalue weighted by Gasteiger charge is -2.12. The van der Waals surface area contributed by atoms with E-state index in [-0.39, 0.29) is 36.3 Å². The van der Waals surface area contributed by atoms with Gasteiger partial charge in [0.05, 0.1) is 19.0 Å². The molecule has 0 bridgehead atoms. The molecule has 0 saturated heterocycles. The molecule has 23 heavy (non-hydrogen) atoms. The van der Waals surface area contributed by atoms with Crippen LogP contribution in [0.1, 0.15) is 6.42 Å². The highest BCUT2D eigenvalue weighted by Gasteiger charge is 2.01. The average molecular weight is 459 g/mol. The van der Waals surface area contributed by atoms with E-state index in [4.69, 9.17) is 4.74 Å². The minimum Gasteiger partial charge on any atom is -0.379 e. The first-order chi connectivity index (χ1) is 10.5. The molecule has 0 radical (unpaired) electrons. The number of hydrogen-bond donors (Lipinski definition) is 2. The second kappa shape index (κ2) is 12.5. The molecule has 0 unspecified atom stereocenters. The molecule has 0 aromatic carbocycles. The van der Waals surface area contributed by atoms with Gasteiger partial charge >= 0.3 is 0 Å². The molecule has 0 atom stereocenters. The van der Waals surface area contributed by atoms with Crippen LogP contribution in [0.25, 0.3) is 0 Å². The molecule has 0 saturated carbocycles. The first kappa shape index (κ1) is 22.1. The van der Waals surface area contributed by atoms with Crippen LogP contribution < -0.4 is 10.6 Å². The first-order valence-electron chi connectivity index (χ1n) is 7.18. The van der Waals surface area contributed by atoms with E-state index in [0.717, 1.165) is 19.5 Å². The second-order valence-corrected chi connectivity index (χ2v) is 7.05. The maximum Gasteiger partial charge on any atom is 0.191 e. The average Bonchev–Trinajstić information content (AvgIpc) is 2.96. The molecule has 0 fully saturated rings. The van der Waals surface area contributed by atoms with E-state index in [1.807, 2.05) is 16.9 Å². The molecular formula is C13H26IN5O3S. The summed E-state index contributed by atoms with van der Waals surface area (Å²) in [5.74, 6) is 0.750. The summed E-state index contributed by atoms with van der Waals surface area (Å²) in [6.07, 6.45) is 5.83. The fourth-order valence-electron chi connectivity index (χ4n) is 1.66. The number of guanidine groups is 1. The number of aryl methyl sites for hydroxylation is 1. The van der Waals surface area contributed by atoms with Crippen molar-refractivity contribution in [1.82, 2.24) is 20.4 Å². The van der Waals surface area contributed by atoms with Gasteiger partial charge in [0.2, 0.25) is 0 Å². The van der Waals surface area contributed by atoms with Crippen molar-refractivity contribution >= 4 is 39.8 Å². The van der Waals surface area contributed by atoms with Gasteiger partial charge < -0.3 is 15.4 Å². The largest absolute Gasteiger partial charge is 0.379 e. The Morgan fingerprint density at radius 1 is 1.30 bits per heavy atom. The lowest BCUT2D eigenvalue weighted by molar-refractivity contribution is 0.154. The van der Waals surface area contributed by atoms with E-state index in [0.29, 0.717) is 19.1 Å². The highest BCUT2D eigenvalue weighted by molar-refractivity contribution is 14.0. The summed E-state index contributed by atoms with van der Waals surface area (Å²) < 4.78 is 29.0. The van der Waals surface area contributed by atoms with Gasteiger partial charge in [-0.05, 0) is 12.5 Å². The Morgan fingerprint density at radius 3 is 2.65 bits per heavy atom. The van der Waals surface area contributed by atoms with Crippen LogP contribution in [-0.2, 0) is 21.1 Å². The third-order valence-electron chi connectivity index (χ3n) is 2.78. The number of aromatic nitrogens is 2. The Balaban J connectivity index is 0.00000484. The highest BCUT2D eigenvalue weighted by atomic mass is 127. The fourth-order valence-corrected chi connectivity index (χ4v) is 2.08. The number of aliphatic imine (C=N–C) groups is 1. The molecule has 0 aliphatic carbocycles. The number of ether oxygens (including phenoxy) is 1. The molecule has 1 aromatic rings. The topological polar surface area (TPSA) is 97.6 Å². The monoisotopic (exact) mass is 459 g/mol. The lowest BCUT2D eigenvalue weighted by atomic mass is 10.4. The number of halogens is 1. The predicted molar refractivity (Wildman–Crippen MR) is 102 cm³/mol. The van der Waals surface area contributed by atoms with E-state index in [2.05, 4.69) is 20.7 Å². The SMILES string of the molecule is CN=C(NCCCn1cccn1)NCCOCCS(C)(=O)=O.I. The van der Waals surface area contributed by atoms with Crippen LogP contribution in [0.4, 0.5) is 0 Å². The van der Waals surface area contributed by atoms with Crippen molar-refractivity contribution in [3.63, 3.8) is 0 Å². The lowest BCUT2D eigenvalue weighted by Crippen LogP contribution is -2.39. The van der Waals surface area contributed by atoms with Crippen molar-refractivity contribution in [2.45, 2.75) is 13.0 Å². The van der Waals surface area contributed by atoms with Crippen molar-refractivity contribution in [3.8, 4) is 0 Å². The van der Waals surface area contributed by atoms with E-state index >= 15 is 0 Å². The standard InChI is InChI=1S/C13H25N5O3S.HI/c1-14-13(15-5-3-8-18-9-4-6-17-18)16-7-10-21-11-12-22(2,19)20;/h4,6,9H,3,5,7-8,10-12H2,1-2H3,(H2,14,15,16);1H. The molecule has 1 rings (SSSR count). The first-order valence-corrected chi connectivity index (χ1v) is 9.25. The highest BCUT2D eigenvalue weighted by Crippen LogP contribution is 1.88. The van der Waals surface area contributed by atoms with Crippen molar-refractivity contribution in [3.05, 3.63) is 18.5 Å². The van der Waals surface area contributed by atoms with Crippen molar-refractivity contribution in [2.75, 3.05) is 45.4 Å². The van der Waals surface area contributed by atoms with Crippen molar-refractivity contribution in [2.24, 2.45) is 4.99 Å². The molecule has 1 heterocycles. The van der Waals surface area contributed by atoms with Gasteiger partial charge in [0.15, 0.2) is 5.96 Å². The van der Waals surface area contributed by atoms with Crippen LogP contribution >= 0.6 is 24.0 Å². The van der Waals surface area contributed by atoms with Crippen LogP contribution in [0.3, 0.4) is 0 Å². The van der Waals surface area contributed by atoms with Gasteiger partial charge in [-0.3, -0.25) is 9.67 Å². The van der Waals surface area contributed by atoms with Crippen LogP contribution in [0.2, 0.25) is 0 Å². The normalized spacial score (nSPS) is 11.8. The van der Waals surface area contributed by atoms with Gasteiger partial charge in [0.25, 0.3) is 0 Å². The van der Waals surface area contributed by atoms with Crippen LogP contribution in [0.5, 0.6) is 0 Å². The van der Waals surface area contributed by atoms with E-state index in [1.165, 1.54) is 6.26 Å².